The second-order valence-electron chi connectivity index (χ2n) is 13.5. The van der Waals surface area contributed by atoms with E-state index >= 15 is 0 Å². The van der Waals surface area contributed by atoms with Gasteiger partial charge in [0.2, 0.25) is 0 Å². The Morgan fingerprint density at radius 1 is 0.721 bits per heavy atom. The number of rotatable bonds is 2. The first-order valence-electron chi connectivity index (χ1n) is 16.6. The maximum Gasteiger partial charge on any atom is 0.762 e. The van der Waals surface area contributed by atoms with Gasteiger partial charge >= 0.3 is 6.82 Å². The molecule has 214 valence electrons. The van der Waals surface area contributed by atoms with E-state index in [1.54, 1.807) is 0 Å². The number of hydrogen-bond acceptors (Lipinski definition) is 3. The number of anilines is 1. The van der Waals surface area contributed by atoms with Crippen LogP contribution in [0.2, 0.25) is 0 Å². The zero-order valence-corrected chi connectivity index (χ0v) is 24.6. The highest BCUT2D eigenvalue weighted by molar-refractivity contribution is 6.72. The predicted molar refractivity (Wildman–Crippen MR) is 178 cm³/mol. The largest absolute Gasteiger partial charge is 0.762 e. The summed E-state index contributed by atoms with van der Waals surface area (Å²) in [5.74, 6) is 1.92. The topological polar surface area (TPSA) is 24.7 Å². The van der Waals surface area contributed by atoms with Crippen LogP contribution < -0.4 is 24.0 Å². The fourth-order valence-electron chi connectivity index (χ4n) is 9.41. The van der Waals surface area contributed by atoms with Gasteiger partial charge in [-0.25, -0.2) is 0 Å². The van der Waals surface area contributed by atoms with E-state index in [1.807, 2.05) is 0 Å². The van der Waals surface area contributed by atoms with Gasteiger partial charge in [0.25, 0.3) is 0 Å². The molecule has 2 fully saturated rings. The Morgan fingerprint density at radius 2 is 1.40 bits per heavy atom. The zero-order chi connectivity index (χ0) is 28.1. The molecule has 5 aromatic carbocycles. The lowest BCUT2D eigenvalue weighted by molar-refractivity contribution is 0.267. The summed E-state index contributed by atoms with van der Waals surface area (Å²) in [5.41, 5.74) is 3.87. The first-order chi connectivity index (χ1) is 21.3. The molecule has 43 heavy (non-hydrogen) atoms. The van der Waals surface area contributed by atoms with E-state index < -0.39 is 6.82 Å². The molecule has 10 rings (SSSR count). The van der Waals surface area contributed by atoms with Crippen molar-refractivity contribution in [3.63, 3.8) is 0 Å². The molecule has 2 heterocycles. The summed E-state index contributed by atoms with van der Waals surface area (Å²) in [5, 5.41) is 8.87. The molecule has 0 N–H and O–H groups in total. The molecule has 2 saturated carbocycles. The zero-order valence-electron chi connectivity index (χ0n) is 24.6. The van der Waals surface area contributed by atoms with Crippen LogP contribution in [-0.2, 0) is 0 Å². The molecule has 0 aromatic heterocycles. The Bertz CT molecular complexity index is 2050. The summed E-state index contributed by atoms with van der Waals surface area (Å²) in [4.78, 5) is 2.67. The maximum absolute atomic E-state index is 7.58. The van der Waals surface area contributed by atoms with Gasteiger partial charge < -0.3 is 18.6 Å². The Labute approximate surface area is 252 Å². The van der Waals surface area contributed by atoms with E-state index in [4.69, 9.17) is 9.31 Å². The molecule has 5 heteroatoms. The van der Waals surface area contributed by atoms with Gasteiger partial charge in [0.1, 0.15) is 6.04 Å². The van der Waals surface area contributed by atoms with Crippen molar-refractivity contribution in [2.24, 2.45) is 0 Å². The fraction of sp³-hybridized carbons (Fsp3) is 0.316. The molecular weight excluding hydrogens is 527 g/mol. The summed E-state index contributed by atoms with van der Waals surface area (Å²) in [7, 11) is 0. The molecule has 0 radical (unpaired) electrons. The summed E-state index contributed by atoms with van der Waals surface area (Å²) < 4.78 is 17.8. The molecule has 4 bridgehead atoms. The Balaban J connectivity index is 1.34. The van der Waals surface area contributed by atoms with E-state index in [2.05, 4.69) is 94.6 Å². The van der Waals surface area contributed by atoms with Crippen LogP contribution in [-0.4, -0.2) is 18.9 Å². The van der Waals surface area contributed by atoms with Gasteiger partial charge in [-0.05, 0) is 54.6 Å². The van der Waals surface area contributed by atoms with Crippen molar-refractivity contribution in [2.45, 2.75) is 76.3 Å². The number of hydrogen-bond donors (Lipinski definition) is 0. The van der Waals surface area contributed by atoms with Gasteiger partial charge in [-0.2, -0.15) is 0 Å². The van der Waals surface area contributed by atoms with Crippen LogP contribution in [0.3, 0.4) is 0 Å². The average Bonchev–Trinajstić information content (AvgIpc) is 3.06. The van der Waals surface area contributed by atoms with Gasteiger partial charge in [0.15, 0.2) is 5.36 Å². The second-order valence-corrected chi connectivity index (χ2v) is 13.5. The van der Waals surface area contributed by atoms with E-state index in [0.717, 1.165) is 11.5 Å². The molecular formula is C38H36BN2O2-. The fourth-order valence-corrected chi connectivity index (χ4v) is 9.41. The molecule has 5 aliphatic rings. The van der Waals surface area contributed by atoms with Crippen LogP contribution in [0.25, 0.3) is 38.4 Å². The Hall–Kier alpha value is -4.12. The second kappa shape index (κ2) is 8.95. The molecule has 1 unspecified atom stereocenters. The third kappa shape index (κ3) is 3.28. The lowest BCUT2D eigenvalue weighted by atomic mass is 9.71. The first-order valence-corrected chi connectivity index (χ1v) is 16.6. The smallest absolute Gasteiger partial charge is 0.603 e. The Kier molecular flexibility index (Phi) is 5.07. The quantitative estimate of drug-likeness (QED) is 0.160. The van der Waals surface area contributed by atoms with E-state index in [-0.39, 0.29) is 0 Å². The van der Waals surface area contributed by atoms with Gasteiger partial charge in [0, 0.05) is 35.1 Å². The minimum atomic E-state index is -2.09. The van der Waals surface area contributed by atoms with E-state index in [1.165, 1.54) is 119 Å². The maximum atomic E-state index is 7.58. The van der Waals surface area contributed by atoms with Crippen molar-refractivity contribution < 1.29 is 9.31 Å². The number of benzene rings is 5. The molecule has 0 saturated heterocycles. The van der Waals surface area contributed by atoms with Crippen LogP contribution in [0.5, 0.6) is 11.5 Å². The van der Waals surface area contributed by atoms with Gasteiger partial charge in [-0.3, -0.25) is 0 Å². The number of allylic oxidation sites excluding steroid dienone is 1. The number of fused-ring (bicyclic) bond motifs is 8. The predicted octanol–water partition coefficient (Wildman–Crippen LogP) is 8.33. The van der Waals surface area contributed by atoms with Crippen molar-refractivity contribution >= 4 is 50.9 Å². The van der Waals surface area contributed by atoms with Crippen LogP contribution >= 0.6 is 0 Å². The summed E-state index contributed by atoms with van der Waals surface area (Å²) >= 11 is 0. The summed E-state index contributed by atoms with van der Waals surface area (Å²) in [6.45, 7) is -2.09. The highest BCUT2D eigenvalue weighted by atomic mass is 16.6. The third-order valence-electron chi connectivity index (χ3n) is 11.2. The van der Waals surface area contributed by atoms with Crippen LogP contribution in [0.1, 0.15) is 75.3 Å². The van der Waals surface area contributed by atoms with Crippen molar-refractivity contribution in [2.75, 3.05) is 4.81 Å². The highest BCUT2D eigenvalue weighted by Crippen LogP contribution is 2.50. The minimum Gasteiger partial charge on any atom is -0.603 e. The average molecular weight is 564 g/mol. The Morgan fingerprint density at radius 3 is 2.19 bits per heavy atom. The van der Waals surface area contributed by atoms with Crippen molar-refractivity contribution in [3.05, 3.63) is 95.7 Å². The van der Waals surface area contributed by atoms with Crippen molar-refractivity contribution in [3.8, 4) is 11.5 Å². The van der Waals surface area contributed by atoms with Gasteiger partial charge in [-0.1, -0.05) is 85.3 Å². The molecule has 5 aromatic rings. The van der Waals surface area contributed by atoms with Crippen molar-refractivity contribution in [1.29, 1.82) is 0 Å². The monoisotopic (exact) mass is 563 g/mol. The van der Waals surface area contributed by atoms with Crippen LogP contribution in [0.4, 0.5) is 5.69 Å². The van der Waals surface area contributed by atoms with Crippen LogP contribution in [0, 0.1) is 6.42 Å². The molecule has 1 atom stereocenters. The molecule has 3 aliphatic carbocycles. The standard InChI is InChI=1S/C38H36BN2O2/c1-3-15-27(16-4-1)40-33-23-35(31-21-9-13-25-11-7-19-29(33)37(25)31)42-39(40)41(28-17-5-2-6-18-28)34-24-36(43-39)32-22-10-14-26-12-8-20-30(34)38(26)32/h7-14,19-24,27-28H,1-6,15-18H2/q-1. The third-order valence-corrected chi connectivity index (χ3v) is 11.2. The van der Waals surface area contributed by atoms with Crippen molar-refractivity contribution in [1.82, 2.24) is 4.49 Å². The minimum absolute atomic E-state index is 0.360. The lowest BCUT2D eigenvalue weighted by Crippen LogP contribution is -2.80. The molecule has 4 nitrogen and oxygen atoms in total. The van der Waals surface area contributed by atoms with E-state index in [0.29, 0.717) is 12.1 Å². The first kappa shape index (κ1) is 24.3. The lowest BCUT2D eigenvalue weighted by Gasteiger charge is -2.58. The van der Waals surface area contributed by atoms with Gasteiger partial charge in [0.05, 0.1) is 11.5 Å². The normalized spacial score (nSPS) is 23.2. The number of nitrogens with zero attached hydrogens (tertiary/aromatic N) is 2. The molecule has 2 aliphatic heterocycles. The van der Waals surface area contributed by atoms with E-state index in [9.17, 15) is 0 Å². The van der Waals surface area contributed by atoms with Crippen LogP contribution in [0.15, 0.2) is 72.8 Å². The molecule has 1 spiro atoms. The summed E-state index contributed by atoms with van der Waals surface area (Å²) in [6.07, 6.45) is 19.1. The molecule has 0 amide bonds. The highest BCUT2D eigenvalue weighted by Gasteiger charge is 2.61. The SMILES string of the molecule is C1=Cc2cccc3c4cc(c(c23)[CH-]1)N(C1CCCCC1)[B-]1(O4)Oc2cc(c3cccc4cccc2c43)=[N+]1C1CCCCC1. The summed E-state index contributed by atoms with van der Waals surface area (Å²) in [6, 6.07) is 25.5. The van der Waals surface area contributed by atoms with Gasteiger partial charge in [-0.15, -0.1) is 29.7 Å².